The van der Waals surface area contributed by atoms with Crippen molar-refractivity contribution in [1.82, 2.24) is 10.6 Å². The average molecular weight is 332 g/mol. The fourth-order valence-electron chi connectivity index (χ4n) is 2.52. The number of anilines is 1. The van der Waals surface area contributed by atoms with Gasteiger partial charge in [0.15, 0.2) is 5.96 Å². The molecular weight excluding hydrogens is 304 g/mol. The first-order valence-electron chi connectivity index (χ1n) is 8.64. The summed E-state index contributed by atoms with van der Waals surface area (Å²) in [4.78, 5) is 16.7. The van der Waals surface area contributed by atoms with Gasteiger partial charge in [0.25, 0.3) is 5.91 Å². The van der Waals surface area contributed by atoms with Crippen molar-refractivity contribution in [2.24, 2.45) is 4.99 Å². The third kappa shape index (κ3) is 5.85. The Kier molecular flexibility index (Phi) is 7.06. The minimum absolute atomic E-state index is 0.0667. The molecule has 1 fully saturated rings. The number of nitrogens with one attached hydrogen (secondary N) is 3. The smallest absolute Gasteiger partial charge is 0.253 e. The van der Waals surface area contributed by atoms with Gasteiger partial charge >= 0.3 is 0 Å². The highest BCUT2D eigenvalue weighted by Crippen LogP contribution is 2.16. The molecule has 3 N–H and O–H groups in total. The quantitative estimate of drug-likeness (QED) is 0.552. The normalized spacial score (nSPS) is 17.8. The molecule has 1 unspecified atom stereocenters. The molecular formula is C18H28N4O2. The minimum Gasteiger partial charge on any atom is -0.368 e. The van der Waals surface area contributed by atoms with Crippen LogP contribution in [-0.2, 0) is 16.1 Å². The lowest BCUT2D eigenvalue weighted by Gasteiger charge is -2.14. The number of hydrogen-bond donors (Lipinski definition) is 3. The third-order valence-corrected chi connectivity index (χ3v) is 3.61. The van der Waals surface area contributed by atoms with Crippen molar-refractivity contribution in [3.8, 4) is 0 Å². The maximum Gasteiger partial charge on any atom is 0.253 e. The van der Waals surface area contributed by atoms with Crippen molar-refractivity contribution in [3.63, 3.8) is 0 Å². The van der Waals surface area contributed by atoms with E-state index in [4.69, 9.17) is 4.74 Å². The first-order valence-corrected chi connectivity index (χ1v) is 8.64. The fraction of sp³-hybridized carbons (Fsp3) is 0.556. The SMILES string of the molecule is CCNC(=NCc1cccc(NC(=O)C2CCCO2)c1)NC(C)C. The molecule has 1 atom stereocenters. The summed E-state index contributed by atoms with van der Waals surface area (Å²) in [6, 6.07) is 8.09. The predicted octanol–water partition coefficient (Wildman–Crippen LogP) is 2.27. The molecule has 2 rings (SSSR count). The van der Waals surface area contributed by atoms with Crippen LogP contribution in [0, 0.1) is 0 Å². The highest BCUT2D eigenvalue weighted by atomic mass is 16.5. The second-order valence-electron chi connectivity index (χ2n) is 6.19. The highest BCUT2D eigenvalue weighted by Gasteiger charge is 2.23. The van der Waals surface area contributed by atoms with Crippen LogP contribution < -0.4 is 16.0 Å². The summed E-state index contributed by atoms with van der Waals surface area (Å²) in [5, 5.41) is 9.43. The molecule has 24 heavy (non-hydrogen) atoms. The summed E-state index contributed by atoms with van der Waals surface area (Å²) in [6.07, 6.45) is 1.42. The molecule has 1 aliphatic heterocycles. The number of ether oxygens (including phenoxy) is 1. The van der Waals surface area contributed by atoms with Crippen LogP contribution in [0.4, 0.5) is 5.69 Å². The van der Waals surface area contributed by atoms with E-state index in [9.17, 15) is 4.79 Å². The van der Waals surface area contributed by atoms with E-state index in [0.717, 1.165) is 36.6 Å². The molecule has 0 spiro atoms. The highest BCUT2D eigenvalue weighted by molar-refractivity contribution is 5.94. The van der Waals surface area contributed by atoms with Gasteiger partial charge in [0, 0.05) is 24.9 Å². The fourth-order valence-corrected chi connectivity index (χ4v) is 2.52. The molecule has 1 amide bonds. The van der Waals surface area contributed by atoms with Gasteiger partial charge in [0.2, 0.25) is 0 Å². The Morgan fingerprint density at radius 3 is 2.92 bits per heavy atom. The van der Waals surface area contributed by atoms with E-state index < -0.39 is 0 Å². The Morgan fingerprint density at radius 1 is 1.42 bits per heavy atom. The Labute approximate surface area is 144 Å². The molecule has 6 heteroatoms. The summed E-state index contributed by atoms with van der Waals surface area (Å²) >= 11 is 0. The average Bonchev–Trinajstić information content (AvgIpc) is 3.07. The topological polar surface area (TPSA) is 74.8 Å². The number of benzene rings is 1. The van der Waals surface area contributed by atoms with Crippen molar-refractivity contribution in [2.45, 2.75) is 52.3 Å². The number of carbonyl (C=O) groups is 1. The molecule has 0 radical (unpaired) electrons. The van der Waals surface area contributed by atoms with Gasteiger partial charge in [-0.2, -0.15) is 0 Å². The number of guanidine groups is 1. The van der Waals surface area contributed by atoms with Crippen LogP contribution >= 0.6 is 0 Å². The molecule has 6 nitrogen and oxygen atoms in total. The van der Waals surface area contributed by atoms with Gasteiger partial charge in [-0.15, -0.1) is 0 Å². The first-order chi connectivity index (χ1) is 11.6. The van der Waals surface area contributed by atoms with Crippen LogP contribution in [0.1, 0.15) is 39.2 Å². The Morgan fingerprint density at radius 2 is 2.25 bits per heavy atom. The maximum absolute atomic E-state index is 12.1. The van der Waals surface area contributed by atoms with Crippen LogP contribution in [0.5, 0.6) is 0 Å². The number of nitrogens with zero attached hydrogens (tertiary/aromatic N) is 1. The molecule has 1 aromatic carbocycles. The molecule has 1 saturated heterocycles. The second kappa shape index (κ2) is 9.27. The minimum atomic E-state index is -0.317. The van der Waals surface area contributed by atoms with Crippen molar-refractivity contribution in [3.05, 3.63) is 29.8 Å². The van der Waals surface area contributed by atoms with Crippen molar-refractivity contribution >= 4 is 17.6 Å². The Balaban J connectivity index is 1.97. The zero-order chi connectivity index (χ0) is 17.4. The van der Waals surface area contributed by atoms with E-state index in [0.29, 0.717) is 19.2 Å². The van der Waals surface area contributed by atoms with Gasteiger partial charge in [0.05, 0.1) is 6.54 Å². The molecule has 0 aliphatic carbocycles. The van der Waals surface area contributed by atoms with Crippen molar-refractivity contribution in [1.29, 1.82) is 0 Å². The molecule has 0 saturated carbocycles. The van der Waals surface area contributed by atoms with Gasteiger partial charge in [-0.3, -0.25) is 4.79 Å². The second-order valence-corrected chi connectivity index (χ2v) is 6.19. The largest absolute Gasteiger partial charge is 0.368 e. The predicted molar refractivity (Wildman–Crippen MR) is 97.1 cm³/mol. The standard InChI is InChI=1S/C18H28N4O2/c1-4-19-18(21-13(2)3)20-12-14-7-5-8-15(11-14)22-17(23)16-9-6-10-24-16/h5,7-8,11,13,16H,4,6,9-10,12H2,1-3H3,(H,22,23)(H2,19,20,21). The third-order valence-electron chi connectivity index (χ3n) is 3.61. The number of aliphatic imine (C=N–C) groups is 1. The van der Waals surface area contributed by atoms with E-state index >= 15 is 0 Å². The summed E-state index contributed by atoms with van der Waals surface area (Å²) in [5.41, 5.74) is 1.83. The molecule has 1 heterocycles. The van der Waals surface area contributed by atoms with Crippen LogP contribution in [0.25, 0.3) is 0 Å². The lowest BCUT2D eigenvalue weighted by molar-refractivity contribution is -0.124. The molecule has 1 aromatic rings. The Hall–Kier alpha value is -2.08. The van der Waals surface area contributed by atoms with E-state index in [1.165, 1.54) is 0 Å². The van der Waals surface area contributed by atoms with Gasteiger partial charge in [-0.25, -0.2) is 4.99 Å². The summed E-state index contributed by atoms with van der Waals surface area (Å²) < 4.78 is 5.41. The zero-order valence-electron chi connectivity index (χ0n) is 14.8. The van der Waals surface area contributed by atoms with Crippen molar-refractivity contribution < 1.29 is 9.53 Å². The lowest BCUT2D eigenvalue weighted by atomic mass is 10.2. The van der Waals surface area contributed by atoms with Crippen molar-refractivity contribution in [2.75, 3.05) is 18.5 Å². The lowest BCUT2D eigenvalue weighted by Crippen LogP contribution is -2.41. The number of carbonyl (C=O) groups excluding carboxylic acids is 1. The maximum atomic E-state index is 12.1. The van der Waals surface area contributed by atoms with Gasteiger partial charge in [-0.05, 0) is 51.3 Å². The molecule has 0 aromatic heterocycles. The first kappa shape index (κ1) is 18.3. The van der Waals surface area contributed by atoms with Gasteiger partial charge in [-0.1, -0.05) is 12.1 Å². The van der Waals surface area contributed by atoms with E-state index in [-0.39, 0.29) is 12.0 Å². The number of rotatable bonds is 6. The van der Waals surface area contributed by atoms with Crippen LogP contribution in [-0.4, -0.2) is 37.2 Å². The number of amides is 1. The van der Waals surface area contributed by atoms with Gasteiger partial charge in [0.1, 0.15) is 6.10 Å². The van der Waals surface area contributed by atoms with E-state index in [1.54, 1.807) is 0 Å². The monoisotopic (exact) mass is 332 g/mol. The number of hydrogen-bond acceptors (Lipinski definition) is 3. The summed E-state index contributed by atoms with van der Waals surface area (Å²) in [7, 11) is 0. The Bertz CT molecular complexity index is 566. The van der Waals surface area contributed by atoms with Gasteiger partial charge < -0.3 is 20.7 Å². The zero-order valence-corrected chi connectivity index (χ0v) is 14.8. The molecule has 1 aliphatic rings. The molecule has 132 valence electrons. The summed E-state index contributed by atoms with van der Waals surface area (Å²) in [6.45, 7) is 8.23. The van der Waals surface area contributed by atoms with Crippen LogP contribution in [0.15, 0.2) is 29.3 Å². The van der Waals surface area contributed by atoms with Crippen LogP contribution in [0.2, 0.25) is 0 Å². The van der Waals surface area contributed by atoms with E-state index in [1.807, 2.05) is 31.2 Å². The summed E-state index contributed by atoms with van der Waals surface area (Å²) in [5.74, 6) is 0.726. The van der Waals surface area contributed by atoms with Crippen LogP contribution in [0.3, 0.4) is 0 Å². The van der Waals surface area contributed by atoms with E-state index in [2.05, 4.69) is 34.8 Å². The molecule has 0 bridgehead atoms.